The van der Waals surface area contributed by atoms with E-state index >= 15 is 0 Å². The highest BCUT2D eigenvalue weighted by Gasteiger charge is 2.48. The third-order valence-electron chi connectivity index (χ3n) is 10.7. The van der Waals surface area contributed by atoms with E-state index in [1.54, 1.807) is 41.9 Å². The van der Waals surface area contributed by atoms with E-state index in [2.05, 4.69) is 0 Å². The number of nitrogens with zero attached hydrogens (tertiary/aromatic N) is 2. The summed E-state index contributed by atoms with van der Waals surface area (Å²) in [4.78, 5) is 12.4. The Morgan fingerprint density at radius 2 is 1.36 bits per heavy atom. The zero-order valence-electron chi connectivity index (χ0n) is 32.9. The maximum Gasteiger partial charge on any atom is 0.303 e. The average Bonchev–Trinajstić information content (AvgIpc) is 3.48. The van der Waals surface area contributed by atoms with Gasteiger partial charge in [-0.05, 0) is 87.9 Å². The molecule has 2 atom stereocenters. The molecule has 17 nitrogen and oxygen atoms in total. The second-order valence-corrected chi connectivity index (χ2v) is 20.9. The van der Waals surface area contributed by atoms with Crippen molar-refractivity contribution in [2.75, 3.05) is 43.2 Å². The van der Waals surface area contributed by atoms with Crippen LogP contribution in [0, 0.1) is 0 Å². The smallest absolute Gasteiger partial charge is 0.303 e. The molecule has 2 aromatic rings. The Bertz CT molecular complexity index is 2490. The first-order valence-electron chi connectivity index (χ1n) is 18.6. The lowest BCUT2D eigenvalue weighted by atomic mass is 9.76. The minimum absolute atomic E-state index is 0.0148. The monoisotopic (exact) mass is 903 g/mol. The van der Waals surface area contributed by atoms with E-state index in [0.717, 1.165) is 5.70 Å². The first kappa shape index (κ1) is 47.9. The van der Waals surface area contributed by atoms with Gasteiger partial charge in [0.2, 0.25) is 5.69 Å². The molecule has 0 aromatic heterocycles. The zero-order valence-corrected chi connectivity index (χ0v) is 36.2. The number of hydrogen-bond donors (Lipinski definition) is 5. The first-order valence-corrected chi connectivity index (χ1v) is 24.7. The predicted molar refractivity (Wildman–Crippen MR) is 220 cm³/mol. The molecule has 5 N–H and O–H groups in total. The summed E-state index contributed by atoms with van der Waals surface area (Å²) >= 11 is 0. The molecule has 4 rings (SSSR count). The normalized spacial score (nSPS) is 20.7. The van der Waals surface area contributed by atoms with Crippen molar-refractivity contribution in [3.63, 3.8) is 0 Å². The van der Waals surface area contributed by atoms with Crippen molar-refractivity contribution >= 4 is 63.5 Å². The van der Waals surface area contributed by atoms with Gasteiger partial charge in [-0.3, -0.25) is 23.0 Å². The second kappa shape index (κ2) is 18.9. The molecule has 2 aliphatic heterocycles. The van der Waals surface area contributed by atoms with Gasteiger partial charge in [-0.25, -0.2) is 0 Å². The Kier molecular flexibility index (Phi) is 15.3. The number of carboxylic acid groups (broad SMARTS) is 1. The molecule has 2 unspecified atom stereocenters. The van der Waals surface area contributed by atoms with Crippen LogP contribution in [0.3, 0.4) is 0 Å². The minimum Gasteiger partial charge on any atom is -0.481 e. The number of allylic oxidation sites excluding steroid dienone is 6. The fourth-order valence-corrected chi connectivity index (χ4v) is 9.81. The van der Waals surface area contributed by atoms with E-state index in [9.17, 15) is 56.7 Å². The lowest BCUT2D eigenvalue weighted by Crippen LogP contribution is -2.32. The largest absolute Gasteiger partial charge is 0.481 e. The highest BCUT2D eigenvalue weighted by atomic mass is 32.2. The SMILES string of the molecule is COCCC1(C)C(=CC=CC=CC2=[N+](CCCS(=O)(=O)O)c3ccc(S(=O)(=O)O)cc3C2(C)CCCS(=O)(=O)O)N(CCCCCC(=O)O)c2ccc(S(=O)(=O)O)cc21. The third-order valence-corrected chi connectivity index (χ3v) is 14.0. The standard InChI is InChI=1S/C38H50N2O15S4/c1-37(19-10-24-56(43,44)45)30-26-28(58(49,50)51)15-17-32(30)40(22-11-25-57(46,47)48)34(37)12-6-4-7-13-35-38(2,20-23-55-3)31-27-29(59(52,53)54)16-18-33(31)39(35)21-9-5-8-14-36(41)42/h4,6-7,12-13,15-18,26-27H,5,8-11,14,19-25H2,1-3H3,(H4-,41,42,43,44,45,46,47,48,49,50,51,52,53,54)/p+1. The molecule has 0 radical (unpaired) electrons. The second-order valence-electron chi connectivity index (χ2n) is 14.9. The van der Waals surface area contributed by atoms with E-state index in [1.165, 1.54) is 37.4 Å². The summed E-state index contributed by atoms with van der Waals surface area (Å²) in [5.41, 5.74) is 1.50. The Morgan fingerprint density at radius 1 is 0.746 bits per heavy atom. The number of anilines is 1. The molecule has 0 amide bonds. The number of unbranched alkanes of at least 4 members (excludes halogenated alkanes) is 2. The summed E-state index contributed by atoms with van der Waals surface area (Å²) in [6.07, 6.45) is 10.7. The van der Waals surface area contributed by atoms with E-state index in [-0.39, 0.29) is 37.1 Å². The molecule has 2 aromatic carbocycles. The number of methoxy groups -OCH3 is 1. The molecule has 0 saturated carbocycles. The van der Waals surface area contributed by atoms with E-state index < -0.39 is 73.7 Å². The maximum absolute atomic E-state index is 12.2. The summed E-state index contributed by atoms with van der Waals surface area (Å²) in [6, 6.07) is 8.25. The van der Waals surface area contributed by atoms with Crippen LogP contribution in [0.1, 0.15) is 76.3 Å². The van der Waals surface area contributed by atoms with Crippen LogP contribution in [0.2, 0.25) is 0 Å². The molecule has 0 saturated heterocycles. The van der Waals surface area contributed by atoms with E-state index in [1.807, 2.05) is 17.9 Å². The van der Waals surface area contributed by atoms with Crippen molar-refractivity contribution in [2.45, 2.75) is 85.8 Å². The van der Waals surface area contributed by atoms with E-state index in [0.29, 0.717) is 67.0 Å². The lowest BCUT2D eigenvalue weighted by molar-refractivity contribution is -0.437. The summed E-state index contributed by atoms with van der Waals surface area (Å²) in [7, 11) is -16.4. The number of rotatable bonds is 22. The molecule has 0 fully saturated rings. The van der Waals surface area contributed by atoms with Crippen LogP contribution in [-0.2, 0) is 60.8 Å². The maximum atomic E-state index is 12.2. The fraction of sp³-hybridized carbons (Fsp3) is 0.474. The zero-order chi connectivity index (χ0) is 44.0. The summed E-state index contributed by atoms with van der Waals surface area (Å²) in [6.45, 7) is 4.43. The van der Waals surface area contributed by atoms with Crippen molar-refractivity contribution in [1.82, 2.24) is 0 Å². The highest BCUT2D eigenvalue weighted by Crippen LogP contribution is 2.51. The van der Waals surface area contributed by atoms with Crippen LogP contribution in [0.25, 0.3) is 0 Å². The van der Waals surface area contributed by atoms with Crippen molar-refractivity contribution in [3.8, 4) is 0 Å². The number of ether oxygens (including phenoxy) is 1. The van der Waals surface area contributed by atoms with Gasteiger partial charge in [-0.2, -0.15) is 38.2 Å². The Labute approximate surface area is 345 Å². The number of aliphatic carboxylic acids is 1. The summed E-state index contributed by atoms with van der Waals surface area (Å²) in [5.74, 6) is -2.09. The number of hydrogen-bond acceptors (Lipinski definition) is 11. The van der Waals surface area contributed by atoms with Crippen molar-refractivity contribution < 1.29 is 71.1 Å². The number of fused-ring (bicyclic) bond motifs is 2. The molecule has 326 valence electrons. The quantitative estimate of drug-likeness (QED) is 0.0453. The molecule has 0 spiro atoms. The molecule has 59 heavy (non-hydrogen) atoms. The molecule has 2 heterocycles. The van der Waals surface area contributed by atoms with Crippen LogP contribution in [0.5, 0.6) is 0 Å². The van der Waals surface area contributed by atoms with E-state index in [4.69, 9.17) is 9.84 Å². The molecule has 0 aliphatic carbocycles. The summed E-state index contributed by atoms with van der Waals surface area (Å²) < 4.78 is 141. The van der Waals surface area contributed by atoms with Gasteiger partial charge < -0.3 is 14.7 Å². The first-order chi connectivity index (χ1) is 27.3. The highest BCUT2D eigenvalue weighted by molar-refractivity contribution is 7.86. The number of carbonyl (C=O) groups is 1. The topological polar surface area (TPSA) is 270 Å². The van der Waals surface area contributed by atoms with Crippen molar-refractivity contribution in [1.29, 1.82) is 0 Å². The van der Waals surface area contributed by atoms with Gasteiger partial charge in [-0.1, -0.05) is 24.6 Å². The number of benzene rings is 2. The van der Waals surface area contributed by atoms with Gasteiger partial charge in [0.25, 0.3) is 40.5 Å². The predicted octanol–water partition coefficient (Wildman–Crippen LogP) is 4.94. The van der Waals surface area contributed by atoms with Crippen LogP contribution >= 0.6 is 0 Å². The van der Waals surface area contributed by atoms with Crippen LogP contribution in [-0.4, -0.2) is 112 Å². The van der Waals surface area contributed by atoms with Crippen LogP contribution in [0.4, 0.5) is 11.4 Å². The van der Waals surface area contributed by atoms with Gasteiger partial charge >= 0.3 is 5.97 Å². The minimum atomic E-state index is -4.67. The van der Waals surface area contributed by atoms with Gasteiger partial charge in [0.05, 0.1) is 26.7 Å². The molecular formula is C38H51N2O15S4+. The van der Waals surface area contributed by atoms with Gasteiger partial charge in [0.15, 0.2) is 5.71 Å². The Hall–Kier alpha value is -3.80. The summed E-state index contributed by atoms with van der Waals surface area (Å²) in [5, 5.41) is 9.10. The van der Waals surface area contributed by atoms with Crippen molar-refractivity contribution in [2.24, 2.45) is 0 Å². The van der Waals surface area contributed by atoms with Crippen molar-refractivity contribution in [3.05, 3.63) is 83.6 Å². The molecule has 2 aliphatic rings. The van der Waals surface area contributed by atoms with Gasteiger partial charge in [0, 0.05) is 67.6 Å². The van der Waals surface area contributed by atoms with Gasteiger partial charge in [-0.15, -0.1) is 0 Å². The van der Waals surface area contributed by atoms with Gasteiger partial charge in [0.1, 0.15) is 6.54 Å². The molecular weight excluding hydrogens is 853 g/mol. The molecule has 0 bridgehead atoms. The van der Waals surface area contributed by atoms with Crippen LogP contribution in [0.15, 0.2) is 82.3 Å². The number of carboxylic acids is 1. The molecule has 21 heteroatoms. The fourth-order valence-electron chi connectivity index (χ4n) is 7.79. The lowest BCUT2D eigenvalue weighted by Gasteiger charge is -2.30. The Morgan fingerprint density at radius 3 is 1.95 bits per heavy atom. The van der Waals surface area contributed by atoms with Crippen LogP contribution < -0.4 is 4.90 Å². The average molecular weight is 904 g/mol. The third kappa shape index (κ3) is 12.2. The Balaban J connectivity index is 1.82.